The van der Waals surface area contributed by atoms with E-state index in [-0.39, 0.29) is 0 Å². The third-order valence-corrected chi connectivity index (χ3v) is 3.66. The van der Waals surface area contributed by atoms with E-state index in [1.54, 1.807) is 6.20 Å². The molecule has 16 heavy (non-hydrogen) atoms. The Morgan fingerprint density at radius 3 is 2.31 bits per heavy atom. The van der Waals surface area contributed by atoms with Crippen molar-refractivity contribution in [2.24, 2.45) is 5.73 Å². The lowest BCUT2D eigenvalue weighted by atomic mass is 10.8. The molecule has 82 valence electrons. The van der Waals surface area contributed by atoms with Crippen molar-refractivity contribution in [2.45, 2.75) is 0 Å². The summed E-state index contributed by atoms with van der Waals surface area (Å²) in [5.41, 5.74) is 5.35. The van der Waals surface area contributed by atoms with Crippen LogP contribution in [0.4, 0.5) is 0 Å². The Hall–Kier alpha value is -1.80. The highest BCUT2D eigenvalue weighted by Gasteiger charge is 1.95. The number of nitrogens with zero attached hydrogens (tertiary/aromatic N) is 3. The minimum absolute atomic E-state index is 0.494. The van der Waals surface area contributed by atoms with Gasteiger partial charge in [0.2, 0.25) is 0 Å². The van der Waals surface area contributed by atoms with Gasteiger partial charge in [0.15, 0.2) is 9.33 Å². The van der Waals surface area contributed by atoms with E-state index in [4.69, 9.17) is 5.73 Å². The van der Waals surface area contributed by atoms with E-state index in [0.717, 1.165) is 10.7 Å². The molecule has 0 bridgehead atoms. The van der Waals surface area contributed by atoms with Gasteiger partial charge in [-0.25, -0.2) is 9.97 Å². The number of rotatable bonds is 1. The Bertz CT molecular complexity index is 718. The minimum Gasteiger partial charge on any atom is -0.403 e. The van der Waals surface area contributed by atoms with Crippen molar-refractivity contribution >= 4 is 35.1 Å². The summed E-state index contributed by atoms with van der Waals surface area (Å²) in [6.45, 7) is 0. The molecule has 2 aromatic rings. The lowest BCUT2D eigenvalue weighted by Crippen LogP contribution is -1.95. The zero-order valence-corrected chi connectivity index (χ0v) is 9.49. The molecule has 0 radical (unpaired) electrons. The molecule has 0 aliphatic carbocycles. The summed E-state index contributed by atoms with van der Waals surface area (Å²) in [6.07, 6.45) is 5.47. The summed E-state index contributed by atoms with van der Waals surface area (Å²) >= 11 is 2.61. The Morgan fingerprint density at radius 1 is 1.25 bits per heavy atom. The predicted molar refractivity (Wildman–Crippen MR) is 61.3 cm³/mol. The average Bonchev–Trinajstić information content (AvgIpc) is 2.83. The third kappa shape index (κ3) is 2.23. The summed E-state index contributed by atoms with van der Waals surface area (Å²) in [5, 5.41) is 10.3. The van der Waals surface area contributed by atoms with E-state index >= 15 is 0 Å². The second-order valence-corrected chi connectivity index (χ2v) is 4.84. The third-order valence-electron chi connectivity index (χ3n) is 1.63. The van der Waals surface area contributed by atoms with Gasteiger partial charge in [0.25, 0.3) is 6.20 Å². The van der Waals surface area contributed by atoms with Crippen molar-refractivity contribution in [3.05, 3.63) is 40.9 Å². The Labute approximate surface area is 96.9 Å². The quantitative estimate of drug-likeness (QED) is 0.552. The molecule has 2 heterocycles. The highest BCUT2D eigenvalue weighted by molar-refractivity contribution is 7.10. The molecule has 2 rings (SSSR count). The van der Waals surface area contributed by atoms with Crippen molar-refractivity contribution in [1.29, 1.82) is 0 Å². The lowest BCUT2D eigenvalue weighted by Gasteiger charge is -1.71. The number of thiazole rings is 2. The fraction of sp³-hybridized carbons (Fsp3) is 0. The molecule has 0 aliphatic heterocycles. The number of aromatic nitrogens is 2. The fourth-order valence-electron chi connectivity index (χ4n) is 1.01. The molecular weight excluding hydrogens is 248 g/mol. The van der Waals surface area contributed by atoms with Crippen LogP contribution in [0.2, 0.25) is 0 Å². The van der Waals surface area contributed by atoms with Gasteiger partial charge in [0.1, 0.15) is 4.53 Å². The molecule has 2 aromatic heterocycles. The van der Waals surface area contributed by atoms with Gasteiger partial charge in [-0.3, -0.25) is 10.1 Å². The summed E-state index contributed by atoms with van der Waals surface area (Å²) in [5.74, 6) is 0. The zero-order valence-electron chi connectivity index (χ0n) is 7.86. The zero-order chi connectivity index (χ0) is 11.5. The maximum absolute atomic E-state index is 10.3. The van der Waals surface area contributed by atoms with E-state index in [2.05, 4.69) is 9.97 Å². The van der Waals surface area contributed by atoms with Crippen LogP contribution in [-0.4, -0.2) is 14.9 Å². The highest BCUT2D eigenvalue weighted by atomic mass is 32.1. The van der Waals surface area contributed by atoms with Gasteiger partial charge >= 0.3 is 0 Å². The van der Waals surface area contributed by atoms with E-state index < -0.39 is 4.92 Å². The van der Waals surface area contributed by atoms with Crippen LogP contribution in [0.5, 0.6) is 0 Å². The first kappa shape index (κ1) is 10.7. The summed E-state index contributed by atoms with van der Waals surface area (Å²) in [6, 6.07) is 0. The maximum atomic E-state index is 10.3. The number of hydrogen-bond acceptors (Lipinski definition) is 7. The van der Waals surface area contributed by atoms with Crippen LogP contribution in [0.3, 0.4) is 0 Å². The van der Waals surface area contributed by atoms with Gasteiger partial charge in [-0.1, -0.05) is 0 Å². The Balaban J connectivity index is 2.70. The highest BCUT2D eigenvalue weighted by Crippen LogP contribution is 1.96. The first-order valence-corrected chi connectivity index (χ1v) is 5.77. The first-order chi connectivity index (χ1) is 7.69. The van der Waals surface area contributed by atoms with Gasteiger partial charge < -0.3 is 5.73 Å². The molecule has 0 saturated heterocycles. The Morgan fingerprint density at radius 2 is 1.81 bits per heavy atom. The van der Waals surface area contributed by atoms with Gasteiger partial charge in [0.05, 0.1) is 15.7 Å². The smallest absolute Gasteiger partial charge is 0.253 e. The molecule has 0 aromatic carbocycles. The van der Waals surface area contributed by atoms with Crippen LogP contribution >= 0.6 is 22.7 Å². The van der Waals surface area contributed by atoms with Crippen molar-refractivity contribution < 1.29 is 4.92 Å². The summed E-state index contributed by atoms with van der Waals surface area (Å²) in [7, 11) is 0. The SMILES string of the molecule is N/C=c1/cn/c(=c2/nc/c(=C/[N+](=O)[O-])s2)s1. The molecule has 0 fully saturated rings. The van der Waals surface area contributed by atoms with E-state index in [1.165, 1.54) is 35.1 Å². The van der Waals surface area contributed by atoms with Crippen LogP contribution in [0, 0.1) is 19.4 Å². The molecule has 0 saturated carbocycles. The maximum Gasteiger partial charge on any atom is 0.253 e. The second-order valence-electron chi connectivity index (χ2n) is 2.72. The van der Waals surface area contributed by atoms with Crippen LogP contribution in [0.15, 0.2) is 12.4 Å². The number of nitro groups is 1. The monoisotopic (exact) mass is 254 g/mol. The van der Waals surface area contributed by atoms with Gasteiger partial charge in [-0.05, 0) is 0 Å². The van der Waals surface area contributed by atoms with Gasteiger partial charge in [0, 0.05) is 12.4 Å². The molecule has 6 nitrogen and oxygen atoms in total. The van der Waals surface area contributed by atoms with Crippen molar-refractivity contribution in [3.8, 4) is 0 Å². The standard InChI is InChI=1S/C8H6N4O2S2/c9-1-5-2-10-7(15-5)8-11-3-6(16-8)4-12(13)14/h1-4H,9H2/b5-1-,6-4-,8-7+. The summed E-state index contributed by atoms with van der Waals surface area (Å²) in [4.78, 5) is 17.9. The van der Waals surface area contributed by atoms with Crippen LogP contribution in [-0.2, 0) is 0 Å². The molecule has 0 unspecified atom stereocenters. The molecule has 0 amide bonds. The van der Waals surface area contributed by atoms with E-state index in [1.807, 2.05) is 0 Å². The average molecular weight is 254 g/mol. The van der Waals surface area contributed by atoms with Crippen LogP contribution < -0.4 is 14.8 Å². The van der Waals surface area contributed by atoms with Crippen molar-refractivity contribution in [2.75, 3.05) is 0 Å². The number of hydrogen-bond donors (Lipinski definition) is 1. The van der Waals surface area contributed by atoms with E-state index in [9.17, 15) is 10.1 Å². The normalized spacial score (nSPS) is 15.5. The molecule has 0 spiro atoms. The minimum atomic E-state index is -0.502. The van der Waals surface area contributed by atoms with Crippen LogP contribution in [0.1, 0.15) is 0 Å². The largest absolute Gasteiger partial charge is 0.403 e. The topological polar surface area (TPSA) is 94.9 Å². The first-order valence-electron chi connectivity index (χ1n) is 4.14. The molecule has 0 atom stereocenters. The predicted octanol–water partition coefficient (Wildman–Crippen LogP) is -0.402. The van der Waals surface area contributed by atoms with Gasteiger partial charge in [-0.15, -0.1) is 22.7 Å². The van der Waals surface area contributed by atoms with Gasteiger partial charge in [-0.2, -0.15) is 0 Å². The number of nitrogens with two attached hydrogens (primary N) is 1. The Kier molecular flexibility index (Phi) is 2.93. The second kappa shape index (κ2) is 4.37. The molecule has 8 heteroatoms. The van der Waals surface area contributed by atoms with Crippen molar-refractivity contribution in [1.82, 2.24) is 9.97 Å². The van der Waals surface area contributed by atoms with Crippen LogP contribution in [0.25, 0.3) is 12.4 Å². The van der Waals surface area contributed by atoms with E-state index in [0.29, 0.717) is 13.9 Å². The molecular formula is C8H6N4O2S2. The fourth-order valence-corrected chi connectivity index (χ4v) is 2.62. The van der Waals surface area contributed by atoms with Crippen molar-refractivity contribution in [3.63, 3.8) is 0 Å². The lowest BCUT2D eigenvalue weighted by molar-refractivity contribution is -0.363. The summed E-state index contributed by atoms with van der Waals surface area (Å²) < 4.78 is 2.70. The molecule has 2 N–H and O–H groups in total. The molecule has 0 aliphatic rings.